The monoisotopic (exact) mass is 687 g/mol. The summed E-state index contributed by atoms with van der Waals surface area (Å²) in [7, 11) is 0. The van der Waals surface area contributed by atoms with Gasteiger partial charge in [0.1, 0.15) is 19.5 Å². The van der Waals surface area contributed by atoms with Crippen LogP contribution in [0.15, 0.2) is 0 Å². The van der Waals surface area contributed by atoms with Crippen molar-refractivity contribution in [3.8, 4) is 0 Å². The van der Waals surface area contributed by atoms with Gasteiger partial charge in [0.05, 0.1) is 51.6 Å². The summed E-state index contributed by atoms with van der Waals surface area (Å²) in [5.41, 5.74) is 2.16. The van der Waals surface area contributed by atoms with Gasteiger partial charge in [-0.05, 0) is 32.1 Å². The van der Waals surface area contributed by atoms with E-state index in [-0.39, 0.29) is 57.3 Å². The fourth-order valence-electron chi connectivity index (χ4n) is 5.33. The summed E-state index contributed by atoms with van der Waals surface area (Å²) in [5.74, 6) is -1.28. The second-order valence-corrected chi connectivity index (χ2v) is 12.1. The molecule has 1 atom stereocenters. The predicted octanol–water partition coefficient (Wildman–Crippen LogP) is 4.60. The summed E-state index contributed by atoms with van der Waals surface area (Å²) in [6.45, 7) is 8.15. The fourth-order valence-corrected chi connectivity index (χ4v) is 5.33. The normalized spacial score (nSPS) is 12.3. The van der Waals surface area contributed by atoms with E-state index in [4.69, 9.17) is 18.9 Å². The number of carboxylic acid groups (broad SMARTS) is 1. The molecule has 0 heterocycles. The number of unbranched alkanes of at least 4 members (excludes halogenated alkanes) is 7. The highest BCUT2D eigenvalue weighted by atomic mass is 16.5. The maximum Gasteiger partial charge on any atom is 0.309 e. The zero-order chi connectivity index (χ0) is 35.7. The molecule has 0 aromatic rings. The van der Waals surface area contributed by atoms with Crippen LogP contribution in [0.5, 0.6) is 0 Å². The smallest absolute Gasteiger partial charge is 0.309 e. The van der Waals surface area contributed by atoms with Crippen molar-refractivity contribution in [3.05, 3.63) is 0 Å². The number of ether oxygens (including phenoxy) is 4. The molecule has 13 heteroatoms. The van der Waals surface area contributed by atoms with Gasteiger partial charge in [0.25, 0.3) is 0 Å². The third kappa shape index (κ3) is 24.5. The minimum absolute atomic E-state index is 0.0373. The third-order valence-corrected chi connectivity index (χ3v) is 7.97. The molecule has 0 rings (SSSR count). The van der Waals surface area contributed by atoms with Gasteiger partial charge in [-0.2, -0.15) is 0 Å². The number of hydrazine groups is 1. The van der Waals surface area contributed by atoms with Crippen LogP contribution in [0.25, 0.3) is 0 Å². The van der Waals surface area contributed by atoms with E-state index in [1.807, 2.05) is 6.92 Å². The van der Waals surface area contributed by atoms with E-state index < -0.39 is 11.4 Å². The van der Waals surface area contributed by atoms with E-state index in [2.05, 4.69) is 24.6 Å². The van der Waals surface area contributed by atoms with Gasteiger partial charge in [-0.3, -0.25) is 29.6 Å². The molecule has 48 heavy (non-hydrogen) atoms. The summed E-state index contributed by atoms with van der Waals surface area (Å²) in [4.78, 5) is 59.0. The number of rotatable bonds is 34. The Bertz CT molecular complexity index is 860. The molecule has 13 nitrogen and oxygen atoms in total. The zero-order valence-corrected chi connectivity index (χ0v) is 30.0. The van der Waals surface area contributed by atoms with Gasteiger partial charge in [0, 0.05) is 19.4 Å². The number of carboxylic acids is 1. The zero-order valence-electron chi connectivity index (χ0n) is 30.0. The van der Waals surface area contributed by atoms with Gasteiger partial charge < -0.3 is 34.2 Å². The first-order valence-electron chi connectivity index (χ1n) is 18.1. The largest absolute Gasteiger partial charge is 0.481 e. The lowest BCUT2D eigenvalue weighted by Gasteiger charge is -2.29. The van der Waals surface area contributed by atoms with E-state index >= 15 is 0 Å². The van der Waals surface area contributed by atoms with Crippen LogP contribution < -0.4 is 10.7 Å². The lowest BCUT2D eigenvalue weighted by molar-refractivity contribution is -0.150. The lowest BCUT2D eigenvalue weighted by Crippen LogP contribution is -2.47. The van der Waals surface area contributed by atoms with Crippen LogP contribution in [0.4, 0.5) is 0 Å². The number of carbonyl (C=O) groups excluding carboxylic acids is 4. The molecule has 0 saturated heterocycles. The molecule has 0 fully saturated rings. The first-order chi connectivity index (χ1) is 23.3. The Kier molecular flexibility index (Phi) is 29.9. The molecule has 0 spiro atoms. The van der Waals surface area contributed by atoms with Gasteiger partial charge in [-0.25, -0.2) is 0 Å². The summed E-state index contributed by atoms with van der Waals surface area (Å²) >= 11 is 0. The Morgan fingerprint density at radius 1 is 0.667 bits per heavy atom. The SMILES string of the molecule is CCCC[C@@](CCC)(CCCCCCCCCC(=O)NN(CCOCCOCC(=O)NCCOCCOCC=O)C(=O)CCC)C(=O)O. The van der Waals surface area contributed by atoms with Gasteiger partial charge in [0.2, 0.25) is 17.7 Å². The van der Waals surface area contributed by atoms with Crippen LogP contribution in [-0.2, 0) is 42.9 Å². The second kappa shape index (κ2) is 31.6. The van der Waals surface area contributed by atoms with E-state index in [0.29, 0.717) is 51.9 Å². The summed E-state index contributed by atoms with van der Waals surface area (Å²) in [5, 5.41) is 13.9. The standard InChI is InChI=1S/C35H65N3O10/c1-4-7-18-35(17-6-3,34(43)44)19-14-12-10-8-9-11-13-16-31(40)37-38(33(42)15-5-2)21-24-46-28-29-48-30-32(41)36-20-23-45-26-27-47-25-22-39/h22H,4-21,23-30H2,1-3H3,(H,36,41)(H,37,40)(H,43,44)/t35-/m0/s1. The summed E-state index contributed by atoms with van der Waals surface area (Å²) in [6, 6.07) is 0. The first kappa shape index (κ1) is 45.4. The van der Waals surface area contributed by atoms with Gasteiger partial charge in [-0.15, -0.1) is 0 Å². The number of carbonyl (C=O) groups is 5. The van der Waals surface area contributed by atoms with E-state index in [0.717, 1.165) is 83.5 Å². The van der Waals surface area contributed by atoms with E-state index in [1.54, 1.807) is 0 Å². The number of hydrogen-bond donors (Lipinski definition) is 3. The Hall–Kier alpha value is -2.61. The van der Waals surface area contributed by atoms with E-state index in [1.165, 1.54) is 5.01 Å². The van der Waals surface area contributed by atoms with Gasteiger partial charge >= 0.3 is 5.97 Å². The quantitative estimate of drug-likeness (QED) is 0.0494. The molecule has 0 unspecified atom stereocenters. The topological polar surface area (TPSA) is 170 Å². The number of amides is 3. The molecular weight excluding hydrogens is 622 g/mol. The molecular formula is C35H65N3O10. The number of aliphatic carboxylic acids is 1. The maximum absolute atomic E-state index is 12.5. The van der Waals surface area contributed by atoms with Gasteiger partial charge in [-0.1, -0.05) is 78.6 Å². The highest BCUT2D eigenvalue weighted by Gasteiger charge is 2.36. The second-order valence-electron chi connectivity index (χ2n) is 12.1. The number of nitrogens with zero attached hydrogens (tertiary/aromatic N) is 1. The third-order valence-electron chi connectivity index (χ3n) is 7.97. The molecule has 0 bridgehead atoms. The van der Waals surface area contributed by atoms with Crippen LogP contribution in [-0.4, -0.2) is 106 Å². The van der Waals surface area contributed by atoms with Crippen LogP contribution in [0.2, 0.25) is 0 Å². The molecule has 0 aromatic carbocycles. The van der Waals surface area contributed by atoms with Crippen LogP contribution >= 0.6 is 0 Å². The minimum Gasteiger partial charge on any atom is -0.481 e. The fraction of sp³-hybridized carbons (Fsp3) is 0.857. The van der Waals surface area contributed by atoms with Crippen LogP contribution in [0, 0.1) is 5.41 Å². The van der Waals surface area contributed by atoms with Crippen molar-refractivity contribution >= 4 is 30.0 Å². The number of nitrogens with one attached hydrogen (secondary N) is 2. The predicted molar refractivity (Wildman–Crippen MR) is 183 cm³/mol. The molecule has 0 radical (unpaired) electrons. The lowest BCUT2D eigenvalue weighted by atomic mass is 9.74. The molecule has 0 saturated carbocycles. The Morgan fingerprint density at radius 3 is 1.94 bits per heavy atom. The summed E-state index contributed by atoms with van der Waals surface area (Å²) in [6.07, 6.45) is 13.9. The average molecular weight is 688 g/mol. The molecule has 0 aliphatic carbocycles. The van der Waals surface area contributed by atoms with Crippen molar-refractivity contribution in [1.29, 1.82) is 0 Å². The Labute approximate surface area is 288 Å². The number of aldehydes is 1. The minimum atomic E-state index is -0.640. The summed E-state index contributed by atoms with van der Waals surface area (Å²) < 4.78 is 21.1. The van der Waals surface area contributed by atoms with Crippen LogP contribution in [0.1, 0.15) is 124 Å². The molecule has 0 aliphatic heterocycles. The Balaban J connectivity index is 4.09. The van der Waals surface area contributed by atoms with Gasteiger partial charge in [0.15, 0.2) is 0 Å². The molecule has 0 aliphatic rings. The molecule has 3 N–H and O–H groups in total. The highest BCUT2D eigenvalue weighted by molar-refractivity contribution is 5.82. The van der Waals surface area contributed by atoms with Crippen molar-refractivity contribution in [2.45, 2.75) is 124 Å². The van der Waals surface area contributed by atoms with E-state index in [9.17, 15) is 29.1 Å². The Morgan fingerprint density at radius 2 is 1.29 bits per heavy atom. The van der Waals surface area contributed by atoms with Crippen LogP contribution in [0.3, 0.4) is 0 Å². The number of hydrogen-bond acceptors (Lipinski definition) is 9. The van der Waals surface area contributed by atoms with Crippen molar-refractivity contribution in [2.75, 3.05) is 65.9 Å². The average Bonchev–Trinajstić information content (AvgIpc) is 3.06. The maximum atomic E-state index is 12.5. The molecule has 3 amide bonds. The van der Waals surface area contributed by atoms with Crippen molar-refractivity contribution in [1.82, 2.24) is 15.8 Å². The first-order valence-corrected chi connectivity index (χ1v) is 18.1. The van der Waals surface area contributed by atoms with Crippen molar-refractivity contribution in [3.63, 3.8) is 0 Å². The highest BCUT2D eigenvalue weighted by Crippen LogP contribution is 2.36. The molecule has 280 valence electrons. The van der Waals surface area contributed by atoms with Crippen molar-refractivity contribution < 1.29 is 48.0 Å². The van der Waals surface area contributed by atoms with Crippen molar-refractivity contribution in [2.24, 2.45) is 5.41 Å². The molecule has 0 aromatic heterocycles.